The van der Waals surface area contributed by atoms with E-state index in [1.807, 2.05) is 30.5 Å². The quantitative estimate of drug-likeness (QED) is 0.807. The Labute approximate surface area is 128 Å². The summed E-state index contributed by atoms with van der Waals surface area (Å²) < 4.78 is 0. The standard InChI is InChI=1S/C15H17Cl2NS/c1-3-13-4-5-14(19-13)9-15(18-2)10-6-11(16)8-12(17)7-10/h4-8,15,18H,3,9H2,1-2H3. The van der Waals surface area contributed by atoms with E-state index in [0.717, 1.165) is 18.4 Å². The second kappa shape index (κ2) is 6.76. The molecule has 1 unspecified atom stereocenters. The van der Waals surface area contributed by atoms with Crippen molar-refractivity contribution in [2.45, 2.75) is 25.8 Å². The Morgan fingerprint density at radius 1 is 1.11 bits per heavy atom. The monoisotopic (exact) mass is 313 g/mol. The van der Waals surface area contributed by atoms with Crippen LogP contribution < -0.4 is 5.32 Å². The van der Waals surface area contributed by atoms with Crippen LogP contribution in [0.15, 0.2) is 30.3 Å². The molecular formula is C15H17Cl2NS. The summed E-state index contributed by atoms with van der Waals surface area (Å²) in [4.78, 5) is 2.81. The van der Waals surface area contributed by atoms with Crippen molar-refractivity contribution in [2.24, 2.45) is 0 Å². The summed E-state index contributed by atoms with van der Waals surface area (Å²) in [6.45, 7) is 2.18. The number of likely N-dealkylation sites (N-methyl/N-ethyl adjacent to an activating group) is 1. The summed E-state index contributed by atoms with van der Waals surface area (Å²) in [6, 6.07) is 10.4. The van der Waals surface area contributed by atoms with Gasteiger partial charge in [-0.15, -0.1) is 11.3 Å². The molecule has 2 rings (SSSR count). The van der Waals surface area contributed by atoms with Crippen LogP contribution in [0.25, 0.3) is 0 Å². The molecule has 1 aromatic carbocycles. The number of hydrogen-bond donors (Lipinski definition) is 1. The summed E-state index contributed by atoms with van der Waals surface area (Å²) in [7, 11) is 1.97. The first-order valence-electron chi connectivity index (χ1n) is 6.33. The Bertz CT molecular complexity index is 531. The van der Waals surface area contributed by atoms with Gasteiger partial charge in [0.25, 0.3) is 0 Å². The Hall–Kier alpha value is -0.540. The molecule has 0 aliphatic rings. The molecule has 4 heteroatoms. The number of halogens is 2. The molecule has 1 atom stereocenters. The van der Waals surface area contributed by atoms with Crippen molar-refractivity contribution in [1.29, 1.82) is 0 Å². The molecule has 0 bridgehead atoms. The first kappa shape index (κ1) is 14.9. The maximum absolute atomic E-state index is 6.07. The Kier molecular flexibility index (Phi) is 5.28. The molecule has 0 saturated carbocycles. The minimum atomic E-state index is 0.236. The van der Waals surface area contributed by atoms with E-state index in [2.05, 4.69) is 24.4 Å². The Morgan fingerprint density at radius 3 is 2.26 bits per heavy atom. The van der Waals surface area contributed by atoms with Crippen molar-refractivity contribution in [3.8, 4) is 0 Å². The van der Waals surface area contributed by atoms with Crippen LogP contribution in [-0.4, -0.2) is 7.05 Å². The van der Waals surface area contributed by atoms with E-state index in [0.29, 0.717) is 10.0 Å². The van der Waals surface area contributed by atoms with Gasteiger partial charge in [0.1, 0.15) is 0 Å². The van der Waals surface area contributed by atoms with Gasteiger partial charge in [0.05, 0.1) is 0 Å². The highest BCUT2D eigenvalue weighted by Gasteiger charge is 2.13. The van der Waals surface area contributed by atoms with Gasteiger partial charge in [-0.25, -0.2) is 0 Å². The minimum Gasteiger partial charge on any atom is -0.313 e. The largest absolute Gasteiger partial charge is 0.313 e. The first-order valence-corrected chi connectivity index (χ1v) is 7.90. The van der Waals surface area contributed by atoms with E-state index in [4.69, 9.17) is 23.2 Å². The molecule has 2 aromatic rings. The number of hydrogen-bond acceptors (Lipinski definition) is 2. The van der Waals surface area contributed by atoms with Crippen LogP contribution in [0, 0.1) is 0 Å². The third-order valence-corrected chi connectivity index (χ3v) is 4.80. The highest BCUT2D eigenvalue weighted by Crippen LogP contribution is 2.28. The van der Waals surface area contributed by atoms with E-state index in [9.17, 15) is 0 Å². The fourth-order valence-corrected chi connectivity index (χ4v) is 3.63. The second-order valence-corrected chi connectivity index (χ2v) is 6.60. The van der Waals surface area contributed by atoms with Crippen molar-refractivity contribution in [1.82, 2.24) is 5.32 Å². The van der Waals surface area contributed by atoms with Gasteiger partial charge in [0.15, 0.2) is 0 Å². The molecule has 0 spiro atoms. The predicted molar refractivity (Wildman–Crippen MR) is 85.7 cm³/mol. The van der Waals surface area contributed by atoms with Gasteiger partial charge in [-0.1, -0.05) is 30.1 Å². The van der Waals surface area contributed by atoms with Gasteiger partial charge in [0.2, 0.25) is 0 Å². The Balaban J connectivity index is 2.19. The SMILES string of the molecule is CCc1ccc(CC(NC)c2cc(Cl)cc(Cl)c2)s1. The molecule has 0 radical (unpaired) electrons. The number of rotatable bonds is 5. The summed E-state index contributed by atoms with van der Waals surface area (Å²) in [5.41, 5.74) is 1.13. The Morgan fingerprint density at radius 2 is 1.74 bits per heavy atom. The zero-order valence-electron chi connectivity index (χ0n) is 11.0. The maximum Gasteiger partial charge on any atom is 0.0424 e. The molecule has 19 heavy (non-hydrogen) atoms. The average molecular weight is 314 g/mol. The minimum absolute atomic E-state index is 0.236. The molecule has 0 aliphatic heterocycles. The highest BCUT2D eigenvalue weighted by atomic mass is 35.5. The molecule has 0 amide bonds. The fraction of sp³-hybridized carbons (Fsp3) is 0.333. The average Bonchev–Trinajstić information content (AvgIpc) is 2.82. The predicted octanol–water partition coefficient (Wildman–Crippen LogP) is 5.12. The molecule has 1 aromatic heterocycles. The van der Waals surface area contributed by atoms with Crippen molar-refractivity contribution < 1.29 is 0 Å². The third-order valence-electron chi connectivity index (χ3n) is 3.11. The zero-order chi connectivity index (χ0) is 13.8. The lowest BCUT2D eigenvalue weighted by atomic mass is 10.0. The van der Waals surface area contributed by atoms with Gasteiger partial charge in [-0.3, -0.25) is 0 Å². The van der Waals surface area contributed by atoms with Crippen LogP contribution in [0.5, 0.6) is 0 Å². The number of thiophene rings is 1. The molecule has 1 heterocycles. The van der Waals surface area contributed by atoms with Crippen molar-refractivity contribution >= 4 is 34.5 Å². The van der Waals surface area contributed by atoms with Gasteiger partial charge in [-0.05, 0) is 49.4 Å². The summed E-state index contributed by atoms with van der Waals surface area (Å²) in [6.07, 6.45) is 2.05. The van der Waals surface area contributed by atoms with E-state index >= 15 is 0 Å². The third kappa shape index (κ3) is 3.96. The van der Waals surface area contributed by atoms with E-state index < -0.39 is 0 Å². The normalized spacial score (nSPS) is 12.6. The van der Waals surface area contributed by atoms with Crippen LogP contribution in [0.2, 0.25) is 10.0 Å². The van der Waals surface area contributed by atoms with Gasteiger partial charge in [0, 0.05) is 32.3 Å². The molecule has 0 saturated heterocycles. The first-order chi connectivity index (χ1) is 9.12. The molecule has 0 aliphatic carbocycles. The smallest absolute Gasteiger partial charge is 0.0424 e. The van der Waals surface area contributed by atoms with Crippen LogP contribution >= 0.6 is 34.5 Å². The second-order valence-electron chi connectivity index (χ2n) is 4.47. The fourth-order valence-electron chi connectivity index (χ4n) is 2.09. The molecule has 1 nitrogen and oxygen atoms in total. The van der Waals surface area contributed by atoms with E-state index in [1.165, 1.54) is 9.75 Å². The summed E-state index contributed by atoms with van der Waals surface area (Å²) in [5, 5.41) is 4.70. The summed E-state index contributed by atoms with van der Waals surface area (Å²) >= 11 is 14.0. The van der Waals surface area contributed by atoms with Crippen molar-refractivity contribution in [2.75, 3.05) is 7.05 Å². The van der Waals surface area contributed by atoms with Crippen molar-refractivity contribution in [3.63, 3.8) is 0 Å². The zero-order valence-corrected chi connectivity index (χ0v) is 13.4. The number of aryl methyl sites for hydroxylation is 1. The lowest BCUT2D eigenvalue weighted by Crippen LogP contribution is -2.18. The van der Waals surface area contributed by atoms with Crippen LogP contribution in [0.1, 0.15) is 28.3 Å². The lowest BCUT2D eigenvalue weighted by Gasteiger charge is -2.16. The number of benzene rings is 1. The van der Waals surface area contributed by atoms with Gasteiger partial charge < -0.3 is 5.32 Å². The topological polar surface area (TPSA) is 12.0 Å². The molecule has 0 fully saturated rings. The van der Waals surface area contributed by atoms with Crippen LogP contribution in [-0.2, 0) is 12.8 Å². The maximum atomic E-state index is 6.07. The number of nitrogens with one attached hydrogen (secondary N) is 1. The summed E-state index contributed by atoms with van der Waals surface area (Å²) in [5.74, 6) is 0. The van der Waals surface area contributed by atoms with E-state index in [-0.39, 0.29) is 6.04 Å². The molecule has 1 N–H and O–H groups in total. The van der Waals surface area contributed by atoms with Crippen LogP contribution in [0.4, 0.5) is 0 Å². The highest BCUT2D eigenvalue weighted by molar-refractivity contribution is 7.11. The van der Waals surface area contributed by atoms with Crippen molar-refractivity contribution in [3.05, 3.63) is 55.7 Å². The van der Waals surface area contributed by atoms with Gasteiger partial charge in [-0.2, -0.15) is 0 Å². The van der Waals surface area contributed by atoms with Crippen LogP contribution in [0.3, 0.4) is 0 Å². The molecule has 102 valence electrons. The van der Waals surface area contributed by atoms with E-state index in [1.54, 1.807) is 6.07 Å². The molecular weight excluding hydrogens is 297 g/mol. The van der Waals surface area contributed by atoms with Gasteiger partial charge >= 0.3 is 0 Å². The lowest BCUT2D eigenvalue weighted by molar-refractivity contribution is 0.596.